The summed E-state index contributed by atoms with van der Waals surface area (Å²) in [5.41, 5.74) is 0. The minimum atomic E-state index is -3.90. The van der Waals surface area contributed by atoms with Crippen LogP contribution in [0.25, 0.3) is 0 Å². The number of carbonyl (C=O) groups excluding carboxylic acids is 1. The third kappa shape index (κ3) is 4.52. The van der Waals surface area contributed by atoms with Crippen molar-refractivity contribution in [1.29, 1.82) is 0 Å². The second kappa shape index (κ2) is 6.63. The van der Waals surface area contributed by atoms with Crippen LogP contribution in [0.5, 0.6) is 0 Å². The average Bonchev–Trinajstić information content (AvgIpc) is 2.70. The van der Waals surface area contributed by atoms with E-state index < -0.39 is 15.0 Å². The predicted molar refractivity (Wildman–Crippen MR) is 77.5 cm³/mol. The first-order valence-corrected chi connectivity index (χ1v) is 8.82. The minimum absolute atomic E-state index is 0.0149. The Kier molecular flexibility index (Phi) is 5.65. The highest BCUT2D eigenvalue weighted by Gasteiger charge is 2.23. The quantitative estimate of drug-likeness (QED) is 0.817. The van der Waals surface area contributed by atoms with Gasteiger partial charge >= 0.3 is 0 Å². The molecule has 0 radical (unpaired) electrons. The van der Waals surface area contributed by atoms with Crippen LogP contribution in [-0.4, -0.2) is 20.4 Å². The maximum atomic E-state index is 12.0. The number of rotatable bonds is 6. The van der Waals surface area contributed by atoms with Crippen LogP contribution in [0.4, 0.5) is 0 Å². The number of furan rings is 1. The molecule has 1 heterocycles. The Balaban J connectivity index is 2.79. The summed E-state index contributed by atoms with van der Waals surface area (Å²) < 4.78 is 27.7. The topological polar surface area (TPSA) is 76.4 Å². The average molecular weight is 322 g/mol. The molecule has 0 aromatic carbocycles. The number of hydrogen-bond donors (Lipinski definition) is 1. The molecule has 1 rings (SSSR count). The molecule has 0 fully saturated rings. The molecular formula is C13H20ClNO4S. The first kappa shape index (κ1) is 17.0. The van der Waals surface area contributed by atoms with Gasteiger partial charge in [0.1, 0.15) is 10.7 Å². The number of halogens is 1. The van der Waals surface area contributed by atoms with E-state index in [1.165, 1.54) is 6.92 Å². The van der Waals surface area contributed by atoms with Crippen molar-refractivity contribution in [2.75, 3.05) is 0 Å². The summed E-state index contributed by atoms with van der Waals surface area (Å²) in [6, 6.07) is 1.14. The highest BCUT2D eigenvalue weighted by Crippen LogP contribution is 2.23. The first-order chi connectivity index (χ1) is 9.15. The van der Waals surface area contributed by atoms with Crippen LogP contribution < -0.4 is 5.32 Å². The lowest BCUT2D eigenvalue weighted by atomic mass is 10.0. The Hall–Kier alpha value is -1.01. The predicted octanol–water partition coefficient (Wildman–Crippen LogP) is 3.07. The zero-order valence-electron chi connectivity index (χ0n) is 12.1. The lowest BCUT2D eigenvalue weighted by Crippen LogP contribution is -2.33. The van der Waals surface area contributed by atoms with Crippen molar-refractivity contribution in [3.8, 4) is 0 Å². The molecule has 0 aliphatic heterocycles. The highest BCUT2D eigenvalue weighted by atomic mass is 35.7. The summed E-state index contributed by atoms with van der Waals surface area (Å²) in [5, 5.41) is 2.78. The SMILES string of the molecule is CCC(C)CC(C)NC(=O)c1cc(S(=O)(=O)Cl)c(C)o1. The van der Waals surface area contributed by atoms with E-state index in [0.29, 0.717) is 5.92 Å². The second-order valence-electron chi connectivity index (χ2n) is 5.09. The van der Waals surface area contributed by atoms with Crippen molar-refractivity contribution < 1.29 is 17.6 Å². The molecule has 5 nitrogen and oxygen atoms in total. The zero-order chi connectivity index (χ0) is 15.5. The molecule has 1 aromatic rings. The Morgan fingerprint density at radius 3 is 2.50 bits per heavy atom. The van der Waals surface area contributed by atoms with Crippen molar-refractivity contribution in [2.24, 2.45) is 5.92 Å². The molecule has 0 spiro atoms. The van der Waals surface area contributed by atoms with Crippen molar-refractivity contribution in [3.63, 3.8) is 0 Å². The van der Waals surface area contributed by atoms with E-state index in [-0.39, 0.29) is 22.5 Å². The van der Waals surface area contributed by atoms with Gasteiger partial charge < -0.3 is 9.73 Å². The second-order valence-corrected chi connectivity index (χ2v) is 7.63. The summed E-state index contributed by atoms with van der Waals surface area (Å²) in [4.78, 5) is 11.8. The summed E-state index contributed by atoms with van der Waals surface area (Å²) in [6.45, 7) is 7.55. The smallest absolute Gasteiger partial charge is 0.287 e. The van der Waals surface area contributed by atoms with Crippen LogP contribution in [0.2, 0.25) is 0 Å². The monoisotopic (exact) mass is 321 g/mol. The molecule has 2 unspecified atom stereocenters. The minimum Gasteiger partial charge on any atom is -0.455 e. The molecule has 0 aliphatic rings. The Morgan fingerprint density at radius 2 is 2.05 bits per heavy atom. The van der Waals surface area contributed by atoms with Gasteiger partial charge in [-0.15, -0.1) is 0 Å². The van der Waals surface area contributed by atoms with Crippen molar-refractivity contribution in [2.45, 2.75) is 51.5 Å². The van der Waals surface area contributed by atoms with Gasteiger partial charge in [-0.3, -0.25) is 4.79 Å². The Labute approximate surface area is 124 Å². The normalized spacial score (nSPS) is 14.8. The van der Waals surface area contributed by atoms with E-state index >= 15 is 0 Å². The fourth-order valence-corrected chi connectivity index (χ4v) is 3.04. The number of nitrogens with one attached hydrogen (secondary N) is 1. The summed E-state index contributed by atoms with van der Waals surface area (Å²) in [5.74, 6) is 0.135. The number of hydrogen-bond acceptors (Lipinski definition) is 4. The van der Waals surface area contributed by atoms with Gasteiger partial charge in [0.05, 0.1) is 0 Å². The van der Waals surface area contributed by atoms with Crippen LogP contribution in [0.3, 0.4) is 0 Å². The fraction of sp³-hybridized carbons (Fsp3) is 0.615. The van der Waals surface area contributed by atoms with E-state index in [1.807, 2.05) is 6.92 Å². The van der Waals surface area contributed by atoms with E-state index in [0.717, 1.165) is 18.9 Å². The number of aryl methyl sites for hydroxylation is 1. The highest BCUT2D eigenvalue weighted by molar-refractivity contribution is 8.13. The van der Waals surface area contributed by atoms with Gasteiger partial charge in [0, 0.05) is 22.8 Å². The largest absolute Gasteiger partial charge is 0.455 e. The summed E-state index contributed by atoms with van der Waals surface area (Å²) in [6.07, 6.45) is 1.89. The van der Waals surface area contributed by atoms with Gasteiger partial charge in [0.2, 0.25) is 0 Å². The summed E-state index contributed by atoms with van der Waals surface area (Å²) in [7, 11) is 1.36. The van der Waals surface area contributed by atoms with Crippen molar-refractivity contribution in [1.82, 2.24) is 5.32 Å². The lowest BCUT2D eigenvalue weighted by Gasteiger charge is -2.16. The van der Waals surface area contributed by atoms with Gasteiger partial charge in [-0.05, 0) is 26.2 Å². The summed E-state index contributed by atoms with van der Waals surface area (Å²) >= 11 is 0. The number of amides is 1. The molecule has 0 bridgehead atoms. The van der Waals surface area contributed by atoms with E-state index in [9.17, 15) is 13.2 Å². The van der Waals surface area contributed by atoms with Crippen LogP contribution in [-0.2, 0) is 9.05 Å². The van der Waals surface area contributed by atoms with Crippen LogP contribution in [0.1, 0.15) is 49.9 Å². The van der Waals surface area contributed by atoms with Crippen LogP contribution >= 0.6 is 10.7 Å². The fourth-order valence-electron chi connectivity index (χ4n) is 1.94. The molecule has 2 atom stereocenters. The third-order valence-corrected chi connectivity index (χ3v) is 4.62. The zero-order valence-corrected chi connectivity index (χ0v) is 13.6. The maximum absolute atomic E-state index is 12.0. The molecule has 7 heteroatoms. The van der Waals surface area contributed by atoms with Crippen molar-refractivity contribution >= 4 is 25.6 Å². The molecule has 1 amide bonds. The Bertz CT molecular complexity index is 579. The molecule has 1 aromatic heterocycles. The molecule has 1 N–H and O–H groups in total. The Morgan fingerprint density at radius 1 is 1.45 bits per heavy atom. The van der Waals surface area contributed by atoms with Crippen LogP contribution in [0.15, 0.2) is 15.4 Å². The van der Waals surface area contributed by atoms with E-state index in [2.05, 4.69) is 19.2 Å². The third-order valence-electron chi connectivity index (χ3n) is 3.19. The van der Waals surface area contributed by atoms with Gasteiger partial charge in [0.25, 0.3) is 15.0 Å². The number of carbonyl (C=O) groups is 1. The molecule has 114 valence electrons. The lowest BCUT2D eigenvalue weighted by molar-refractivity contribution is 0.0906. The standard InChI is InChI=1S/C13H20ClNO4S/c1-5-8(2)6-9(3)15-13(16)11-7-12(10(4)19-11)20(14,17)18/h7-9H,5-6H2,1-4H3,(H,15,16). The van der Waals surface area contributed by atoms with Crippen molar-refractivity contribution in [3.05, 3.63) is 17.6 Å². The molecule has 0 saturated carbocycles. The van der Waals surface area contributed by atoms with E-state index in [1.54, 1.807) is 0 Å². The first-order valence-electron chi connectivity index (χ1n) is 6.51. The van der Waals surface area contributed by atoms with Gasteiger partial charge in [-0.1, -0.05) is 20.3 Å². The van der Waals surface area contributed by atoms with Gasteiger partial charge in [-0.2, -0.15) is 0 Å². The molecule has 0 aliphatic carbocycles. The van der Waals surface area contributed by atoms with Gasteiger partial charge in [-0.25, -0.2) is 8.42 Å². The van der Waals surface area contributed by atoms with Crippen LogP contribution in [0, 0.1) is 12.8 Å². The maximum Gasteiger partial charge on any atom is 0.287 e. The molecule has 0 saturated heterocycles. The van der Waals surface area contributed by atoms with E-state index in [4.69, 9.17) is 15.1 Å². The molecular weight excluding hydrogens is 302 g/mol. The van der Waals surface area contributed by atoms with Gasteiger partial charge in [0.15, 0.2) is 5.76 Å². The molecule has 20 heavy (non-hydrogen) atoms.